The molecule has 2 saturated heterocycles. The minimum absolute atomic E-state index is 0.140. The van der Waals surface area contributed by atoms with Crippen molar-refractivity contribution in [1.29, 1.82) is 0 Å². The van der Waals surface area contributed by atoms with Crippen molar-refractivity contribution >= 4 is 0 Å². The van der Waals surface area contributed by atoms with E-state index in [1.807, 2.05) is 48.5 Å². The molecule has 3 unspecified atom stereocenters. The fourth-order valence-corrected chi connectivity index (χ4v) is 4.68. The summed E-state index contributed by atoms with van der Waals surface area (Å²) in [6.07, 6.45) is 3.67. The van der Waals surface area contributed by atoms with Crippen LogP contribution in [0.15, 0.2) is 97.1 Å². The Morgan fingerprint density at radius 3 is 1.33 bits per heavy atom. The first-order chi connectivity index (χ1) is 20.7. The van der Waals surface area contributed by atoms with Crippen LogP contribution in [0, 0.1) is 0 Å². The Kier molecular flexibility index (Phi) is 9.23. The van der Waals surface area contributed by atoms with E-state index in [1.165, 1.54) is 0 Å². The Balaban J connectivity index is 0.870. The molecule has 2 aliphatic heterocycles. The molecule has 42 heavy (non-hydrogen) atoms. The molecule has 0 bridgehead atoms. The second kappa shape index (κ2) is 13.8. The van der Waals surface area contributed by atoms with Crippen molar-refractivity contribution in [3.8, 4) is 45.3 Å². The first kappa shape index (κ1) is 28.1. The van der Waals surface area contributed by atoms with E-state index in [0.29, 0.717) is 19.8 Å². The van der Waals surface area contributed by atoms with Gasteiger partial charge in [-0.1, -0.05) is 48.5 Å². The molecule has 3 atom stereocenters. The number of benzene rings is 4. The Hall–Kier alpha value is -4.00. The average molecular weight is 567 g/mol. The number of epoxide rings is 2. The third-order valence-corrected chi connectivity index (χ3v) is 7.37. The van der Waals surface area contributed by atoms with Crippen molar-refractivity contribution in [2.75, 3.05) is 33.0 Å². The fourth-order valence-electron chi connectivity index (χ4n) is 4.68. The minimum Gasteiger partial charge on any atom is -0.494 e. The van der Waals surface area contributed by atoms with Crippen molar-refractivity contribution in [3.63, 3.8) is 0 Å². The van der Waals surface area contributed by atoms with E-state index < -0.39 is 0 Å². The van der Waals surface area contributed by atoms with Gasteiger partial charge in [-0.3, -0.25) is 0 Å². The Morgan fingerprint density at radius 2 is 0.929 bits per heavy atom. The number of hydrogen-bond donors (Lipinski definition) is 0. The molecular formula is C36H38O6. The molecule has 6 nitrogen and oxygen atoms in total. The summed E-state index contributed by atoms with van der Waals surface area (Å²) in [5.74, 6) is 3.52. The second-order valence-corrected chi connectivity index (χ2v) is 10.9. The van der Waals surface area contributed by atoms with Gasteiger partial charge in [-0.15, -0.1) is 0 Å². The van der Waals surface area contributed by atoms with Gasteiger partial charge in [0.1, 0.15) is 48.4 Å². The highest BCUT2D eigenvalue weighted by Gasteiger charge is 2.23. The lowest BCUT2D eigenvalue weighted by Gasteiger charge is -2.15. The quantitative estimate of drug-likeness (QED) is 0.103. The predicted molar refractivity (Wildman–Crippen MR) is 164 cm³/mol. The molecule has 218 valence electrons. The summed E-state index contributed by atoms with van der Waals surface area (Å²) in [4.78, 5) is 0. The van der Waals surface area contributed by atoms with Gasteiger partial charge >= 0.3 is 0 Å². The fraction of sp³-hybridized carbons (Fsp3) is 0.333. The van der Waals surface area contributed by atoms with Gasteiger partial charge in [-0.25, -0.2) is 0 Å². The van der Waals surface area contributed by atoms with E-state index in [2.05, 4.69) is 55.5 Å². The summed E-state index contributed by atoms with van der Waals surface area (Å²) in [6, 6.07) is 32.9. The lowest BCUT2D eigenvalue weighted by Crippen LogP contribution is -2.12. The highest BCUT2D eigenvalue weighted by molar-refractivity contribution is 5.65. The highest BCUT2D eigenvalue weighted by Crippen LogP contribution is 2.27. The van der Waals surface area contributed by atoms with Crippen LogP contribution in [-0.2, 0) is 9.47 Å². The molecule has 0 amide bonds. The van der Waals surface area contributed by atoms with E-state index in [1.54, 1.807) is 0 Å². The van der Waals surface area contributed by atoms with Crippen LogP contribution in [0.25, 0.3) is 22.3 Å². The molecule has 2 heterocycles. The third kappa shape index (κ3) is 8.51. The van der Waals surface area contributed by atoms with Crippen molar-refractivity contribution in [3.05, 3.63) is 97.1 Å². The molecule has 0 aromatic heterocycles. The highest BCUT2D eigenvalue weighted by atomic mass is 16.6. The molecule has 0 radical (unpaired) electrons. The number of ether oxygens (including phenoxy) is 6. The Labute approximate surface area is 248 Å². The van der Waals surface area contributed by atoms with Crippen molar-refractivity contribution < 1.29 is 28.4 Å². The first-order valence-electron chi connectivity index (χ1n) is 14.9. The smallest absolute Gasteiger partial charge is 0.119 e. The van der Waals surface area contributed by atoms with Crippen LogP contribution in [-0.4, -0.2) is 51.3 Å². The molecule has 2 aliphatic rings. The first-order valence-corrected chi connectivity index (χ1v) is 14.9. The standard InChI is InChI=1S/C36H38O6/c1-26(42-34-19-11-30(12-20-34)29-9-17-33(18-10-29)39-23-36-25-41-36)4-2-3-21-37-31-13-5-27(6-14-31)28-7-15-32(16-8-28)38-22-35-24-40-35/h5-20,26,35-36H,2-4,21-25H2,1H3. The summed E-state index contributed by atoms with van der Waals surface area (Å²) in [6.45, 7) is 5.67. The van der Waals surface area contributed by atoms with Gasteiger partial charge < -0.3 is 28.4 Å². The molecule has 0 spiro atoms. The predicted octanol–water partition coefficient (Wildman–Crippen LogP) is 7.59. The summed E-state index contributed by atoms with van der Waals surface area (Å²) >= 11 is 0. The van der Waals surface area contributed by atoms with E-state index in [9.17, 15) is 0 Å². The zero-order valence-corrected chi connectivity index (χ0v) is 24.1. The van der Waals surface area contributed by atoms with Gasteiger partial charge in [0.15, 0.2) is 0 Å². The average Bonchev–Trinajstić information content (AvgIpc) is 3.96. The topological polar surface area (TPSA) is 62.0 Å². The normalized spacial score (nSPS) is 17.7. The van der Waals surface area contributed by atoms with Gasteiger partial charge in [-0.2, -0.15) is 0 Å². The summed E-state index contributed by atoms with van der Waals surface area (Å²) in [7, 11) is 0. The van der Waals surface area contributed by atoms with Crippen LogP contribution >= 0.6 is 0 Å². The van der Waals surface area contributed by atoms with E-state index in [4.69, 9.17) is 28.4 Å². The van der Waals surface area contributed by atoms with Crippen LogP contribution in [0.5, 0.6) is 23.0 Å². The molecule has 0 saturated carbocycles. The van der Waals surface area contributed by atoms with E-state index in [-0.39, 0.29) is 18.3 Å². The summed E-state index contributed by atoms with van der Waals surface area (Å²) < 4.78 is 34.0. The number of hydrogen-bond acceptors (Lipinski definition) is 6. The maximum Gasteiger partial charge on any atom is 0.119 e. The molecule has 6 rings (SSSR count). The second-order valence-electron chi connectivity index (χ2n) is 10.9. The van der Waals surface area contributed by atoms with E-state index in [0.717, 1.165) is 77.7 Å². The third-order valence-electron chi connectivity index (χ3n) is 7.37. The van der Waals surface area contributed by atoms with Crippen molar-refractivity contribution in [2.45, 2.75) is 44.5 Å². The maximum atomic E-state index is 6.15. The van der Waals surface area contributed by atoms with Gasteiger partial charge in [0.05, 0.1) is 25.9 Å². The van der Waals surface area contributed by atoms with Crippen molar-refractivity contribution in [2.24, 2.45) is 0 Å². The molecule has 2 fully saturated rings. The lowest BCUT2D eigenvalue weighted by atomic mass is 10.1. The zero-order valence-electron chi connectivity index (χ0n) is 24.1. The van der Waals surface area contributed by atoms with Crippen LogP contribution < -0.4 is 18.9 Å². The molecule has 4 aromatic rings. The van der Waals surface area contributed by atoms with Crippen LogP contribution in [0.4, 0.5) is 0 Å². The van der Waals surface area contributed by atoms with Crippen LogP contribution in [0.2, 0.25) is 0 Å². The minimum atomic E-state index is 0.140. The molecule has 0 N–H and O–H groups in total. The zero-order chi connectivity index (χ0) is 28.6. The van der Waals surface area contributed by atoms with Gasteiger partial charge in [-0.05, 0) is 97.0 Å². The van der Waals surface area contributed by atoms with Gasteiger partial charge in [0.2, 0.25) is 0 Å². The molecule has 6 heteroatoms. The lowest BCUT2D eigenvalue weighted by molar-refractivity contribution is 0.201. The van der Waals surface area contributed by atoms with Crippen molar-refractivity contribution in [1.82, 2.24) is 0 Å². The molecule has 4 aromatic carbocycles. The number of rotatable bonds is 16. The van der Waals surface area contributed by atoms with Gasteiger partial charge in [0.25, 0.3) is 0 Å². The molecule has 0 aliphatic carbocycles. The SMILES string of the molecule is CC(CCCCOc1ccc(-c2ccc(OCC3CO3)cc2)cc1)Oc1ccc(-c2ccc(OCC3CO3)cc2)cc1. The Morgan fingerprint density at radius 1 is 0.548 bits per heavy atom. The maximum absolute atomic E-state index is 6.15. The molecular weight excluding hydrogens is 528 g/mol. The van der Waals surface area contributed by atoms with Gasteiger partial charge in [0, 0.05) is 0 Å². The van der Waals surface area contributed by atoms with E-state index >= 15 is 0 Å². The monoisotopic (exact) mass is 566 g/mol. The Bertz CT molecular complexity index is 1380. The summed E-state index contributed by atoms with van der Waals surface area (Å²) in [5, 5.41) is 0. The number of unbranched alkanes of at least 4 members (excludes halogenated alkanes) is 1. The van der Waals surface area contributed by atoms with Crippen LogP contribution in [0.1, 0.15) is 26.2 Å². The largest absolute Gasteiger partial charge is 0.494 e. The summed E-state index contributed by atoms with van der Waals surface area (Å²) in [5.41, 5.74) is 4.61. The van der Waals surface area contributed by atoms with Crippen LogP contribution in [0.3, 0.4) is 0 Å².